The lowest BCUT2D eigenvalue weighted by Crippen LogP contribution is -2.30. The molecule has 0 aromatic rings. The van der Waals surface area contributed by atoms with Gasteiger partial charge < -0.3 is 14.2 Å². The van der Waals surface area contributed by atoms with E-state index in [2.05, 4.69) is 106 Å². The van der Waals surface area contributed by atoms with Crippen LogP contribution in [0.25, 0.3) is 0 Å². The fraction of sp³-hybridized carbons (Fsp3) is 0.742. The highest BCUT2D eigenvalue weighted by molar-refractivity contribution is 5.71. The first-order valence-electron chi connectivity index (χ1n) is 30.6. The Balaban J connectivity index is 4.33. The van der Waals surface area contributed by atoms with Gasteiger partial charge in [0.1, 0.15) is 13.2 Å². The number of esters is 3. The molecule has 1 atom stereocenters. The van der Waals surface area contributed by atoms with Crippen LogP contribution in [0.15, 0.2) is 85.1 Å². The van der Waals surface area contributed by atoms with Gasteiger partial charge in [-0.1, -0.05) is 247 Å². The van der Waals surface area contributed by atoms with Crippen LogP contribution < -0.4 is 0 Å². The van der Waals surface area contributed by atoms with Gasteiger partial charge >= 0.3 is 17.9 Å². The number of carbonyl (C=O) groups excluding carboxylic acids is 3. The lowest BCUT2D eigenvalue weighted by molar-refractivity contribution is -0.167. The summed E-state index contributed by atoms with van der Waals surface area (Å²) in [5.74, 6) is -0.910. The zero-order chi connectivity index (χ0) is 52.2. The van der Waals surface area contributed by atoms with Crippen molar-refractivity contribution in [1.29, 1.82) is 0 Å². The van der Waals surface area contributed by atoms with Crippen LogP contribution in [0.4, 0.5) is 0 Å². The molecule has 0 spiro atoms. The smallest absolute Gasteiger partial charge is 0.306 e. The van der Waals surface area contributed by atoms with Gasteiger partial charge in [0.05, 0.1) is 0 Å². The van der Waals surface area contributed by atoms with E-state index in [4.69, 9.17) is 14.2 Å². The van der Waals surface area contributed by atoms with Crippen LogP contribution in [-0.2, 0) is 28.6 Å². The van der Waals surface area contributed by atoms with Crippen molar-refractivity contribution in [2.24, 2.45) is 0 Å². The highest BCUT2D eigenvalue weighted by Gasteiger charge is 2.19. The molecule has 0 saturated heterocycles. The van der Waals surface area contributed by atoms with E-state index in [-0.39, 0.29) is 31.1 Å². The van der Waals surface area contributed by atoms with Gasteiger partial charge in [0.2, 0.25) is 0 Å². The van der Waals surface area contributed by atoms with Gasteiger partial charge in [-0.15, -0.1) is 0 Å². The monoisotopic (exact) mass is 1000 g/mol. The molecule has 0 amide bonds. The third-order valence-corrected chi connectivity index (χ3v) is 13.1. The Morgan fingerprint density at radius 3 is 0.861 bits per heavy atom. The lowest BCUT2D eigenvalue weighted by atomic mass is 10.1. The van der Waals surface area contributed by atoms with Crippen LogP contribution in [0.3, 0.4) is 0 Å². The van der Waals surface area contributed by atoms with Gasteiger partial charge in [0, 0.05) is 19.3 Å². The van der Waals surface area contributed by atoms with Gasteiger partial charge in [0.15, 0.2) is 6.10 Å². The normalized spacial score (nSPS) is 12.7. The molecule has 72 heavy (non-hydrogen) atoms. The highest BCUT2D eigenvalue weighted by Crippen LogP contribution is 2.15. The quantitative estimate of drug-likeness (QED) is 0.0261. The summed E-state index contributed by atoms with van der Waals surface area (Å²) < 4.78 is 16.9. The van der Waals surface area contributed by atoms with Crippen molar-refractivity contribution >= 4 is 17.9 Å². The fourth-order valence-corrected chi connectivity index (χ4v) is 8.52. The first kappa shape index (κ1) is 68.6. The molecular weight excluding hydrogens is 889 g/mol. The largest absolute Gasteiger partial charge is 0.462 e. The van der Waals surface area contributed by atoms with Crippen LogP contribution in [0.5, 0.6) is 0 Å². The summed E-state index contributed by atoms with van der Waals surface area (Å²) in [7, 11) is 0. The molecule has 0 radical (unpaired) electrons. The number of unbranched alkanes of at least 4 members (excludes halogenated alkanes) is 30. The predicted molar refractivity (Wildman–Crippen MR) is 311 cm³/mol. The topological polar surface area (TPSA) is 78.9 Å². The molecule has 0 rings (SSSR count). The van der Waals surface area contributed by atoms with Gasteiger partial charge in [-0.05, 0) is 116 Å². The number of carbonyl (C=O) groups is 3. The molecule has 0 aliphatic heterocycles. The second-order valence-corrected chi connectivity index (χ2v) is 20.2. The summed E-state index contributed by atoms with van der Waals surface area (Å²) in [4.78, 5) is 38.2. The van der Waals surface area contributed by atoms with E-state index >= 15 is 0 Å². The average Bonchev–Trinajstić information content (AvgIpc) is 3.38. The van der Waals surface area contributed by atoms with Crippen LogP contribution in [0.1, 0.15) is 297 Å². The molecule has 0 saturated carbocycles. The van der Waals surface area contributed by atoms with Gasteiger partial charge in [-0.3, -0.25) is 14.4 Å². The molecule has 6 heteroatoms. The summed E-state index contributed by atoms with van der Waals surface area (Å²) in [6, 6.07) is 0. The number of ether oxygens (including phenoxy) is 3. The summed E-state index contributed by atoms with van der Waals surface area (Å²) in [5.41, 5.74) is 0. The molecule has 0 N–H and O–H groups in total. The number of allylic oxidation sites excluding steroid dienone is 14. The summed E-state index contributed by atoms with van der Waals surface area (Å²) in [5, 5.41) is 0. The molecule has 0 bridgehead atoms. The maximum atomic E-state index is 12.9. The molecule has 414 valence electrons. The number of rotatable bonds is 55. The fourth-order valence-electron chi connectivity index (χ4n) is 8.52. The van der Waals surface area contributed by atoms with Crippen molar-refractivity contribution in [2.45, 2.75) is 303 Å². The van der Waals surface area contributed by atoms with Crippen LogP contribution in [0.2, 0.25) is 0 Å². The Bertz CT molecular complexity index is 1380. The summed E-state index contributed by atoms with van der Waals surface area (Å²) >= 11 is 0. The van der Waals surface area contributed by atoms with Crippen LogP contribution in [0, 0.1) is 0 Å². The molecule has 0 aromatic heterocycles. The number of hydrogen-bond acceptors (Lipinski definition) is 6. The second kappa shape index (κ2) is 60.1. The van der Waals surface area contributed by atoms with Crippen molar-refractivity contribution in [2.75, 3.05) is 13.2 Å². The molecule has 0 aliphatic rings. The Morgan fingerprint density at radius 2 is 0.542 bits per heavy atom. The summed E-state index contributed by atoms with van der Waals surface area (Å²) in [6.45, 7) is 6.50. The second-order valence-electron chi connectivity index (χ2n) is 20.2. The van der Waals surface area contributed by atoms with E-state index in [1.54, 1.807) is 0 Å². The van der Waals surface area contributed by atoms with Gasteiger partial charge in [0.25, 0.3) is 0 Å². The zero-order valence-electron chi connectivity index (χ0n) is 47.4. The Labute approximate surface area is 445 Å². The zero-order valence-corrected chi connectivity index (χ0v) is 47.4. The van der Waals surface area contributed by atoms with Crippen LogP contribution in [-0.4, -0.2) is 37.2 Å². The first-order chi connectivity index (χ1) is 35.5. The van der Waals surface area contributed by atoms with E-state index in [1.807, 2.05) is 0 Å². The molecular formula is C66H114O6. The van der Waals surface area contributed by atoms with E-state index in [0.717, 1.165) is 116 Å². The predicted octanol–water partition coefficient (Wildman–Crippen LogP) is 20.7. The van der Waals surface area contributed by atoms with Crippen molar-refractivity contribution in [3.8, 4) is 0 Å². The minimum atomic E-state index is -0.791. The van der Waals surface area contributed by atoms with Crippen molar-refractivity contribution in [3.63, 3.8) is 0 Å². The Hall–Kier alpha value is -3.41. The van der Waals surface area contributed by atoms with E-state index in [0.29, 0.717) is 19.3 Å². The van der Waals surface area contributed by atoms with E-state index < -0.39 is 6.10 Å². The Kier molecular flexibility index (Phi) is 57.3. The molecule has 0 aliphatic carbocycles. The molecule has 0 heterocycles. The lowest BCUT2D eigenvalue weighted by Gasteiger charge is -2.18. The first-order valence-corrected chi connectivity index (χ1v) is 30.6. The van der Waals surface area contributed by atoms with E-state index in [9.17, 15) is 14.4 Å². The van der Waals surface area contributed by atoms with Crippen molar-refractivity contribution in [1.82, 2.24) is 0 Å². The molecule has 1 unspecified atom stereocenters. The van der Waals surface area contributed by atoms with Crippen molar-refractivity contribution in [3.05, 3.63) is 85.1 Å². The Morgan fingerprint density at radius 1 is 0.292 bits per heavy atom. The van der Waals surface area contributed by atoms with Crippen LogP contribution >= 0.6 is 0 Å². The SMILES string of the molecule is CC/C=C\C/C=C\C/C=C\CCCCCCCC(=O)OC(COC(=O)CCCCCCC/C=C\CCCCCCC)COC(=O)CCCCCCCCCCCC/C=C\C/C=C\C/C=C\CCCCCCC. The molecule has 0 fully saturated rings. The molecule has 6 nitrogen and oxygen atoms in total. The maximum Gasteiger partial charge on any atom is 0.306 e. The third kappa shape index (κ3) is 57.5. The van der Waals surface area contributed by atoms with Gasteiger partial charge in [-0.2, -0.15) is 0 Å². The minimum Gasteiger partial charge on any atom is -0.462 e. The standard InChI is InChI=1S/C66H114O6/c1-4-7-10-13-16-19-22-25-28-29-30-31-32-33-34-35-36-37-39-41-44-47-50-53-56-59-65(68)71-62-63(61-70-64(67)58-55-52-49-46-43-40-27-24-21-18-15-12-9-6-3)72-66(69)60-57-54-51-48-45-42-38-26-23-20-17-14-11-8-5-2/h8,11,17,20,22,24-27,29-30,32-33,38,63H,4-7,9-10,12-16,18-19,21,23,28,31,34-37,39-62H2,1-3H3/b11-8-,20-17-,25-22-,27-24-,30-29-,33-32-,38-26-. The number of hydrogen-bond donors (Lipinski definition) is 0. The van der Waals surface area contributed by atoms with E-state index in [1.165, 1.54) is 141 Å². The average molecular weight is 1000 g/mol. The summed E-state index contributed by atoms with van der Waals surface area (Å²) in [6.07, 6.45) is 78.7. The third-order valence-electron chi connectivity index (χ3n) is 13.1. The van der Waals surface area contributed by atoms with Crippen molar-refractivity contribution < 1.29 is 28.6 Å². The minimum absolute atomic E-state index is 0.0878. The maximum absolute atomic E-state index is 12.9. The molecule has 0 aromatic carbocycles. The highest BCUT2D eigenvalue weighted by atomic mass is 16.6. The van der Waals surface area contributed by atoms with Gasteiger partial charge in [-0.25, -0.2) is 0 Å².